The third kappa shape index (κ3) is 3.44. The van der Waals surface area contributed by atoms with Crippen molar-refractivity contribution in [3.8, 4) is 0 Å². The molecule has 0 amide bonds. The van der Waals surface area contributed by atoms with Crippen LogP contribution in [0.4, 0.5) is 4.39 Å². The number of rotatable bonds is 6. The number of oxime groups is 1. The summed E-state index contributed by atoms with van der Waals surface area (Å²) in [5.41, 5.74) is 3.87. The van der Waals surface area contributed by atoms with Gasteiger partial charge in [-0.15, -0.1) is 0 Å². The lowest BCUT2D eigenvalue weighted by Gasteiger charge is -2.13. The normalized spacial score (nSPS) is 13.3. The number of hydrogen-bond donors (Lipinski definition) is 1. The van der Waals surface area contributed by atoms with Gasteiger partial charge >= 0.3 is 0 Å². The molecular weight excluding hydrogens is 375 g/mol. The Labute approximate surface area is 166 Å². The van der Waals surface area contributed by atoms with Gasteiger partial charge in [-0.1, -0.05) is 12.1 Å². The average molecular weight is 396 g/mol. The molecule has 1 atom stereocenters. The molecule has 3 heterocycles. The molecule has 0 aliphatic rings. The summed E-state index contributed by atoms with van der Waals surface area (Å²) in [5, 5.41) is 22.4. The van der Waals surface area contributed by atoms with Crippen molar-refractivity contribution in [2.45, 2.75) is 19.8 Å². The number of aryl methyl sites for hydroxylation is 1. The molecular formula is C20H21FN6O2. The van der Waals surface area contributed by atoms with Crippen molar-refractivity contribution >= 4 is 22.3 Å². The topological polar surface area (TPSA) is 89.8 Å². The lowest BCUT2D eigenvalue weighted by molar-refractivity contribution is 0.0986. The highest BCUT2D eigenvalue weighted by Crippen LogP contribution is 2.29. The van der Waals surface area contributed by atoms with Gasteiger partial charge in [-0.25, -0.2) is 13.9 Å². The van der Waals surface area contributed by atoms with Gasteiger partial charge in [0.1, 0.15) is 23.8 Å². The van der Waals surface area contributed by atoms with Gasteiger partial charge in [0.15, 0.2) is 5.65 Å². The van der Waals surface area contributed by atoms with Crippen LogP contribution in [-0.4, -0.2) is 48.4 Å². The Bertz CT molecular complexity index is 1210. The maximum absolute atomic E-state index is 14.9. The largest absolute Gasteiger partial charge is 0.393 e. The quantitative estimate of drug-likeness (QED) is 0.307. The van der Waals surface area contributed by atoms with Crippen LogP contribution in [0, 0.1) is 5.82 Å². The summed E-state index contributed by atoms with van der Waals surface area (Å²) >= 11 is 0. The van der Waals surface area contributed by atoms with Crippen LogP contribution in [0.5, 0.6) is 0 Å². The van der Waals surface area contributed by atoms with E-state index in [1.807, 2.05) is 19.1 Å². The van der Waals surface area contributed by atoms with Gasteiger partial charge in [-0.05, 0) is 30.7 Å². The summed E-state index contributed by atoms with van der Waals surface area (Å²) in [6.07, 6.45) is 3.43. The zero-order valence-corrected chi connectivity index (χ0v) is 16.4. The van der Waals surface area contributed by atoms with Crippen LogP contribution in [0.1, 0.15) is 36.7 Å². The van der Waals surface area contributed by atoms with Crippen LogP contribution in [0.25, 0.3) is 16.6 Å². The Hall–Kier alpha value is -3.33. The zero-order valence-electron chi connectivity index (χ0n) is 16.4. The number of benzene rings is 1. The second-order valence-corrected chi connectivity index (χ2v) is 6.83. The van der Waals surface area contributed by atoms with E-state index in [-0.39, 0.29) is 24.9 Å². The predicted octanol–water partition coefficient (Wildman–Crippen LogP) is 2.64. The van der Waals surface area contributed by atoms with Crippen LogP contribution in [0.15, 0.2) is 41.8 Å². The Balaban J connectivity index is 1.74. The molecule has 0 saturated carbocycles. The van der Waals surface area contributed by atoms with E-state index >= 15 is 0 Å². The predicted molar refractivity (Wildman–Crippen MR) is 106 cm³/mol. The molecule has 150 valence electrons. The van der Waals surface area contributed by atoms with E-state index in [9.17, 15) is 4.39 Å². The second-order valence-electron chi connectivity index (χ2n) is 6.83. The standard InChI is InChI=1S/C20H21FN6O2/c1-12(15-8-14-10-23-26(3)18(14)9-16(15)21)19-11-22-20-5-4-17(24-27(19)20)13(2)25-29-7-6-28/h4-5,8-12,28H,6-7H2,1-3H3/b25-13+. The zero-order chi connectivity index (χ0) is 20.5. The molecule has 1 unspecified atom stereocenters. The van der Waals surface area contributed by atoms with E-state index < -0.39 is 0 Å². The number of imidazole rings is 1. The number of hydrogen-bond acceptors (Lipinski definition) is 6. The van der Waals surface area contributed by atoms with Crippen molar-refractivity contribution in [3.63, 3.8) is 0 Å². The molecule has 0 aliphatic carbocycles. The van der Waals surface area contributed by atoms with Gasteiger partial charge in [0.05, 0.1) is 30.2 Å². The van der Waals surface area contributed by atoms with Gasteiger partial charge < -0.3 is 9.94 Å². The van der Waals surface area contributed by atoms with Gasteiger partial charge in [0, 0.05) is 24.4 Å². The highest BCUT2D eigenvalue weighted by Gasteiger charge is 2.20. The molecule has 1 aromatic carbocycles. The fourth-order valence-electron chi connectivity index (χ4n) is 3.29. The number of nitrogens with zero attached hydrogens (tertiary/aromatic N) is 6. The minimum absolute atomic E-state index is 0.112. The highest BCUT2D eigenvalue weighted by atomic mass is 19.1. The molecule has 0 bridgehead atoms. The summed E-state index contributed by atoms with van der Waals surface area (Å²) in [5.74, 6) is -0.574. The van der Waals surface area contributed by atoms with Gasteiger partial charge in [-0.2, -0.15) is 10.2 Å². The summed E-state index contributed by atoms with van der Waals surface area (Å²) in [6, 6.07) is 6.94. The minimum atomic E-state index is -0.296. The van der Waals surface area contributed by atoms with E-state index in [0.29, 0.717) is 22.6 Å². The van der Waals surface area contributed by atoms with Crippen LogP contribution in [0.3, 0.4) is 0 Å². The molecule has 3 aromatic heterocycles. The van der Waals surface area contributed by atoms with Gasteiger partial charge in [0.2, 0.25) is 0 Å². The first-order valence-electron chi connectivity index (χ1n) is 9.23. The summed E-state index contributed by atoms with van der Waals surface area (Å²) in [6.45, 7) is 3.69. The van der Waals surface area contributed by atoms with Gasteiger partial charge in [-0.3, -0.25) is 4.68 Å². The second kappa shape index (κ2) is 7.59. The lowest BCUT2D eigenvalue weighted by Crippen LogP contribution is -2.09. The van der Waals surface area contributed by atoms with Crippen LogP contribution >= 0.6 is 0 Å². The molecule has 4 rings (SSSR count). The molecule has 9 heteroatoms. The third-order valence-electron chi connectivity index (χ3n) is 4.92. The molecule has 0 spiro atoms. The lowest BCUT2D eigenvalue weighted by atomic mass is 9.96. The monoisotopic (exact) mass is 396 g/mol. The van der Waals surface area contributed by atoms with E-state index in [2.05, 4.69) is 20.3 Å². The van der Waals surface area contributed by atoms with E-state index in [4.69, 9.17) is 9.94 Å². The first-order valence-corrected chi connectivity index (χ1v) is 9.23. The third-order valence-corrected chi connectivity index (χ3v) is 4.92. The maximum Gasteiger partial charge on any atom is 0.153 e. The SMILES string of the molecule is C/C(=N\OCCO)c1ccc2ncc(C(C)c3cc4cnn(C)c4cc3F)n2n1. The summed E-state index contributed by atoms with van der Waals surface area (Å²) in [7, 11) is 1.79. The van der Waals surface area contributed by atoms with Crippen molar-refractivity contribution in [2.75, 3.05) is 13.2 Å². The molecule has 0 fully saturated rings. The Morgan fingerprint density at radius 1 is 1.31 bits per heavy atom. The minimum Gasteiger partial charge on any atom is -0.393 e. The fraction of sp³-hybridized carbons (Fsp3) is 0.300. The Morgan fingerprint density at radius 3 is 2.93 bits per heavy atom. The first-order chi connectivity index (χ1) is 14.0. The molecule has 8 nitrogen and oxygen atoms in total. The van der Waals surface area contributed by atoms with E-state index in [1.165, 1.54) is 6.07 Å². The molecule has 0 aliphatic heterocycles. The van der Waals surface area contributed by atoms with Crippen molar-refractivity contribution in [1.82, 2.24) is 24.4 Å². The van der Waals surface area contributed by atoms with Crippen LogP contribution in [-0.2, 0) is 11.9 Å². The smallest absolute Gasteiger partial charge is 0.153 e. The van der Waals surface area contributed by atoms with Crippen LogP contribution in [0.2, 0.25) is 0 Å². The van der Waals surface area contributed by atoms with E-state index in [0.717, 1.165) is 16.6 Å². The Morgan fingerprint density at radius 2 is 2.14 bits per heavy atom. The Kier molecular flexibility index (Phi) is 4.98. The maximum atomic E-state index is 14.9. The highest BCUT2D eigenvalue weighted by molar-refractivity contribution is 5.96. The molecule has 0 saturated heterocycles. The summed E-state index contributed by atoms with van der Waals surface area (Å²) in [4.78, 5) is 9.41. The number of halogens is 1. The average Bonchev–Trinajstić information content (AvgIpc) is 3.30. The van der Waals surface area contributed by atoms with Crippen molar-refractivity contribution in [1.29, 1.82) is 0 Å². The van der Waals surface area contributed by atoms with Crippen molar-refractivity contribution < 1.29 is 14.3 Å². The molecule has 4 aromatic rings. The molecule has 0 radical (unpaired) electrons. The summed E-state index contributed by atoms with van der Waals surface area (Å²) < 4.78 is 18.2. The fourth-order valence-corrected chi connectivity index (χ4v) is 3.29. The molecule has 29 heavy (non-hydrogen) atoms. The van der Waals surface area contributed by atoms with Crippen molar-refractivity contribution in [3.05, 3.63) is 59.4 Å². The van der Waals surface area contributed by atoms with Crippen LogP contribution < -0.4 is 0 Å². The first kappa shape index (κ1) is 19.0. The number of aromatic nitrogens is 5. The molecule has 1 N–H and O–H groups in total. The van der Waals surface area contributed by atoms with E-state index in [1.54, 1.807) is 41.6 Å². The van der Waals surface area contributed by atoms with Gasteiger partial charge in [0.25, 0.3) is 0 Å². The number of fused-ring (bicyclic) bond motifs is 2. The number of aliphatic hydroxyl groups is 1. The number of aliphatic hydroxyl groups excluding tert-OH is 1. The van der Waals surface area contributed by atoms with Crippen molar-refractivity contribution in [2.24, 2.45) is 12.2 Å².